The van der Waals surface area contributed by atoms with E-state index in [4.69, 9.17) is 4.74 Å². The molecule has 0 saturated heterocycles. The Labute approximate surface area is 100 Å². The standard InChI is InChI=1S/C14H14O3/c1-3-14(16)17-11(2)13(15)10-9-12-7-5-4-6-8-12/h3-11H,1H2,2H3. The van der Waals surface area contributed by atoms with E-state index >= 15 is 0 Å². The number of ketones is 1. The second-order valence-corrected chi connectivity index (χ2v) is 3.43. The first kappa shape index (κ1) is 12.9. The van der Waals surface area contributed by atoms with Crippen molar-refractivity contribution in [2.45, 2.75) is 13.0 Å². The van der Waals surface area contributed by atoms with Crippen LogP contribution >= 0.6 is 0 Å². The molecule has 17 heavy (non-hydrogen) atoms. The summed E-state index contributed by atoms with van der Waals surface area (Å²) in [7, 11) is 0. The maximum absolute atomic E-state index is 11.6. The summed E-state index contributed by atoms with van der Waals surface area (Å²) in [5, 5.41) is 0. The molecule has 0 heterocycles. The normalized spacial score (nSPS) is 12.1. The zero-order valence-electron chi connectivity index (χ0n) is 9.63. The number of hydrogen-bond donors (Lipinski definition) is 0. The van der Waals surface area contributed by atoms with Gasteiger partial charge in [0.1, 0.15) is 0 Å². The van der Waals surface area contributed by atoms with Gasteiger partial charge in [-0.25, -0.2) is 4.79 Å². The molecule has 3 heteroatoms. The fourth-order valence-electron chi connectivity index (χ4n) is 1.16. The Morgan fingerprint density at radius 2 is 1.94 bits per heavy atom. The summed E-state index contributed by atoms with van der Waals surface area (Å²) in [5.41, 5.74) is 0.920. The molecule has 1 aromatic rings. The van der Waals surface area contributed by atoms with Crippen LogP contribution < -0.4 is 0 Å². The lowest BCUT2D eigenvalue weighted by Crippen LogP contribution is -2.21. The van der Waals surface area contributed by atoms with Crippen LogP contribution in [0.5, 0.6) is 0 Å². The van der Waals surface area contributed by atoms with Crippen LogP contribution in [0.2, 0.25) is 0 Å². The van der Waals surface area contributed by atoms with Gasteiger partial charge in [-0.15, -0.1) is 0 Å². The minimum Gasteiger partial charge on any atom is -0.451 e. The first-order valence-corrected chi connectivity index (χ1v) is 5.23. The number of benzene rings is 1. The molecule has 0 N–H and O–H groups in total. The molecule has 0 aliphatic heterocycles. The number of esters is 1. The van der Waals surface area contributed by atoms with E-state index in [0.29, 0.717) is 0 Å². The van der Waals surface area contributed by atoms with E-state index in [1.165, 1.54) is 13.0 Å². The largest absolute Gasteiger partial charge is 0.451 e. The molecule has 1 aromatic carbocycles. The fraction of sp³-hybridized carbons (Fsp3) is 0.143. The summed E-state index contributed by atoms with van der Waals surface area (Å²) in [6.45, 7) is 4.79. The van der Waals surface area contributed by atoms with Gasteiger partial charge in [0.25, 0.3) is 0 Å². The van der Waals surface area contributed by atoms with Crippen LogP contribution in [0, 0.1) is 0 Å². The van der Waals surface area contributed by atoms with Crippen LogP contribution in [0.3, 0.4) is 0 Å². The van der Waals surface area contributed by atoms with Crippen LogP contribution in [0.1, 0.15) is 12.5 Å². The zero-order chi connectivity index (χ0) is 12.7. The van der Waals surface area contributed by atoms with Gasteiger partial charge in [0, 0.05) is 6.08 Å². The van der Waals surface area contributed by atoms with Crippen LogP contribution in [0.15, 0.2) is 49.1 Å². The van der Waals surface area contributed by atoms with Gasteiger partial charge in [0.2, 0.25) is 0 Å². The van der Waals surface area contributed by atoms with E-state index < -0.39 is 12.1 Å². The summed E-state index contributed by atoms with van der Waals surface area (Å²) >= 11 is 0. The van der Waals surface area contributed by atoms with E-state index in [9.17, 15) is 9.59 Å². The highest BCUT2D eigenvalue weighted by Crippen LogP contribution is 2.03. The van der Waals surface area contributed by atoms with Gasteiger partial charge in [-0.3, -0.25) is 4.79 Å². The van der Waals surface area contributed by atoms with Crippen LogP contribution in [0.4, 0.5) is 0 Å². The Bertz CT molecular complexity index is 432. The van der Waals surface area contributed by atoms with Crippen LogP contribution in [-0.4, -0.2) is 17.9 Å². The molecule has 0 bridgehead atoms. The average Bonchev–Trinajstić information content (AvgIpc) is 2.36. The smallest absolute Gasteiger partial charge is 0.330 e. The summed E-state index contributed by atoms with van der Waals surface area (Å²) in [4.78, 5) is 22.5. The maximum Gasteiger partial charge on any atom is 0.330 e. The van der Waals surface area contributed by atoms with Crippen molar-refractivity contribution in [3.63, 3.8) is 0 Å². The van der Waals surface area contributed by atoms with E-state index in [2.05, 4.69) is 6.58 Å². The van der Waals surface area contributed by atoms with Gasteiger partial charge >= 0.3 is 5.97 Å². The van der Waals surface area contributed by atoms with Gasteiger partial charge < -0.3 is 4.74 Å². The molecule has 3 nitrogen and oxygen atoms in total. The number of rotatable bonds is 5. The Kier molecular flexibility index (Phi) is 4.88. The third-order valence-corrected chi connectivity index (χ3v) is 2.10. The maximum atomic E-state index is 11.6. The zero-order valence-corrected chi connectivity index (χ0v) is 9.63. The Balaban J connectivity index is 2.57. The van der Waals surface area contributed by atoms with Crippen LogP contribution in [0.25, 0.3) is 6.08 Å². The lowest BCUT2D eigenvalue weighted by Gasteiger charge is -2.07. The van der Waals surface area contributed by atoms with Crippen molar-refractivity contribution in [3.05, 3.63) is 54.6 Å². The SMILES string of the molecule is C=CC(=O)OC(C)C(=O)C=Cc1ccccc1. The van der Waals surface area contributed by atoms with Crippen molar-refractivity contribution >= 4 is 17.8 Å². The Morgan fingerprint density at radius 1 is 1.29 bits per heavy atom. The van der Waals surface area contributed by atoms with Crippen molar-refractivity contribution in [2.75, 3.05) is 0 Å². The van der Waals surface area contributed by atoms with Crippen molar-refractivity contribution in [3.8, 4) is 0 Å². The predicted octanol–water partition coefficient (Wildman–Crippen LogP) is 2.39. The van der Waals surface area contributed by atoms with Crippen molar-refractivity contribution in [1.82, 2.24) is 0 Å². The van der Waals surface area contributed by atoms with Gasteiger partial charge in [-0.1, -0.05) is 43.0 Å². The topological polar surface area (TPSA) is 43.4 Å². The monoisotopic (exact) mass is 230 g/mol. The third kappa shape index (κ3) is 4.47. The molecule has 0 saturated carbocycles. The highest BCUT2D eigenvalue weighted by molar-refractivity contribution is 5.98. The van der Waals surface area contributed by atoms with E-state index in [-0.39, 0.29) is 5.78 Å². The van der Waals surface area contributed by atoms with E-state index in [1.807, 2.05) is 30.3 Å². The Hall–Kier alpha value is -2.16. The minimum atomic E-state index is -0.791. The first-order valence-electron chi connectivity index (χ1n) is 5.23. The predicted molar refractivity (Wildman–Crippen MR) is 66.2 cm³/mol. The molecule has 0 aliphatic rings. The molecule has 1 unspecified atom stereocenters. The minimum absolute atomic E-state index is 0.260. The van der Waals surface area contributed by atoms with E-state index in [1.54, 1.807) is 6.08 Å². The van der Waals surface area contributed by atoms with Gasteiger partial charge in [0.15, 0.2) is 11.9 Å². The van der Waals surface area contributed by atoms with E-state index in [0.717, 1.165) is 11.6 Å². The molecular formula is C14H14O3. The quantitative estimate of drug-likeness (QED) is 0.576. The molecular weight excluding hydrogens is 216 g/mol. The molecule has 0 amide bonds. The number of carbonyl (C=O) groups is 2. The number of ether oxygens (including phenoxy) is 1. The second-order valence-electron chi connectivity index (χ2n) is 3.43. The van der Waals surface area contributed by atoms with Gasteiger partial charge in [0.05, 0.1) is 0 Å². The van der Waals surface area contributed by atoms with Crippen molar-refractivity contribution in [2.24, 2.45) is 0 Å². The third-order valence-electron chi connectivity index (χ3n) is 2.10. The number of carbonyl (C=O) groups excluding carboxylic acids is 2. The van der Waals surface area contributed by atoms with Crippen LogP contribution in [-0.2, 0) is 14.3 Å². The summed E-state index contributed by atoms with van der Waals surface area (Å²) in [5.74, 6) is -0.858. The lowest BCUT2D eigenvalue weighted by molar-refractivity contribution is -0.147. The lowest BCUT2D eigenvalue weighted by atomic mass is 10.1. The summed E-state index contributed by atoms with van der Waals surface area (Å²) in [6.07, 6.45) is 3.32. The molecule has 0 radical (unpaired) electrons. The van der Waals surface area contributed by atoms with Crippen molar-refractivity contribution in [1.29, 1.82) is 0 Å². The highest BCUT2D eigenvalue weighted by atomic mass is 16.5. The van der Waals surface area contributed by atoms with Crippen molar-refractivity contribution < 1.29 is 14.3 Å². The second kappa shape index (κ2) is 6.43. The van der Waals surface area contributed by atoms with Gasteiger partial charge in [-0.05, 0) is 18.6 Å². The number of hydrogen-bond acceptors (Lipinski definition) is 3. The average molecular weight is 230 g/mol. The molecule has 88 valence electrons. The molecule has 0 aromatic heterocycles. The molecule has 1 rings (SSSR count). The molecule has 0 fully saturated rings. The molecule has 0 aliphatic carbocycles. The molecule has 0 spiro atoms. The summed E-state index contributed by atoms with van der Waals surface area (Å²) in [6, 6.07) is 9.42. The highest BCUT2D eigenvalue weighted by Gasteiger charge is 2.12. The first-order chi connectivity index (χ1) is 8.13. The van der Waals surface area contributed by atoms with Gasteiger partial charge in [-0.2, -0.15) is 0 Å². The fourth-order valence-corrected chi connectivity index (χ4v) is 1.16. The molecule has 1 atom stereocenters. The summed E-state index contributed by atoms with van der Waals surface area (Å²) < 4.78 is 4.79. The Morgan fingerprint density at radius 3 is 2.53 bits per heavy atom.